The lowest BCUT2D eigenvalue weighted by atomic mass is 9.37. The Morgan fingerprint density at radius 1 is 1.15 bits per heavy atom. The van der Waals surface area contributed by atoms with Gasteiger partial charge in [0.2, 0.25) is 11.7 Å². The first kappa shape index (κ1) is 28.2. The van der Waals surface area contributed by atoms with E-state index in [1.165, 1.54) is 6.08 Å². The molecule has 11 heteroatoms. The molecule has 2 aliphatic heterocycles. The van der Waals surface area contributed by atoms with Crippen molar-refractivity contribution >= 4 is 23.7 Å². The van der Waals surface area contributed by atoms with Gasteiger partial charge in [0.25, 0.3) is 0 Å². The number of aliphatic hydroxyl groups excluding tert-OH is 3. The molecule has 12 atom stereocenters. The fraction of sp³-hybridized carbons (Fsp3) is 0.786. The van der Waals surface area contributed by atoms with Crippen LogP contribution in [0.25, 0.3) is 0 Å². The average molecular weight is 551 g/mol. The second-order valence-corrected chi connectivity index (χ2v) is 12.7. The second kappa shape index (κ2) is 9.09. The van der Waals surface area contributed by atoms with E-state index in [1.54, 1.807) is 13.8 Å². The van der Waals surface area contributed by atoms with Gasteiger partial charge < -0.3 is 34.3 Å². The first-order valence-corrected chi connectivity index (χ1v) is 13.6. The van der Waals surface area contributed by atoms with Crippen LogP contribution in [0.3, 0.4) is 0 Å². The van der Waals surface area contributed by atoms with Crippen molar-refractivity contribution in [3.05, 3.63) is 11.6 Å². The maximum atomic E-state index is 13.5. The van der Waals surface area contributed by atoms with Crippen LogP contribution < -0.4 is 0 Å². The number of aliphatic hydroxyl groups is 3. The molecule has 0 aromatic rings. The van der Waals surface area contributed by atoms with Crippen molar-refractivity contribution in [3.63, 3.8) is 0 Å². The van der Waals surface area contributed by atoms with Gasteiger partial charge in [0.1, 0.15) is 18.3 Å². The van der Waals surface area contributed by atoms with Crippen molar-refractivity contribution in [1.82, 2.24) is 0 Å². The van der Waals surface area contributed by atoms with Gasteiger partial charge in [0.15, 0.2) is 5.78 Å². The summed E-state index contributed by atoms with van der Waals surface area (Å²) < 4.78 is 22.7. The highest BCUT2D eigenvalue weighted by Gasteiger charge is 2.86. The number of hydrogen-bond donors (Lipinski definition) is 3. The molecule has 3 aliphatic carbocycles. The summed E-state index contributed by atoms with van der Waals surface area (Å²) in [6.07, 6.45) is -5.99. The lowest BCUT2D eigenvalue weighted by Gasteiger charge is -2.68. The first-order valence-electron chi connectivity index (χ1n) is 13.6. The minimum Gasteiger partial charge on any atom is -0.467 e. The third-order valence-electron chi connectivity index (χ3n) is 10.7. The van der Waals surface area contributed by atoms with Crippen molar-refractivity contribution in [2.75, 3.05) is 13.7 Å². The van der Waals surface area contributed by atoms with Crippen molar-refractivity contribution in [1.29, 1.82) is 0 Å². The molecule has 0 aromatic carbocycles. The molecule has 2 heterocycles. The molecule has 216 valence electrons. The van der Waals surface area contributed by atoms with Crippen LogP contribution in [-0.2, 0) is 38.1 Å². The Labute approximate surface area is 226 Å². The van der Waals surface area contributed by atoms with Gasteiger partial charge in [-0.25, -0.2) is 14.4 Å². The molecule has 0 radical (unpaired) electrons. The fourth-order valence-electron chi connectivity index (χ4n) is 8.74. The Hall–Kier alpha value is -2.34. The number of Topliss-reactive ketones (excluding diaryl/α,β-unsaturated/α-hetero) is 1. The predicted molar refractivity (Wildman–Crippen MR) is 131 cm³/mol. The van der Waals surface area contributed by atoms with E-state index < -0.39 is 76.7 Å². The number of methoxy groups -OCH3 is 1. The van der Waals surface area contributed by atoms with Crippen molar-refractivity contribution in [3.8, 4) is 0 Å². The molecule has 0 unspecified atom stereocenters. The number of carbonyl (C=O) groups excluding carboxylic acids is 4. The molecule has 0 amide bonds. The largest absolute Gasteiger partial charge is 0.467 e. The topological polar surface area (TPSA) is 166 Å². The van der Waals surface area contributed by atoms with E-state index in [-0.39, 0.29) is 43.0 Å². The number of esters is 3. The number of allylic oxidation sites excluding steroid dienone is 1. The van der Waals surface area contributed by atoms with Crippen molar-refractivity contribution < 1.29 is 53.4 Å². The SMILES string of the molecule is COC(=O)[C@@]12OC[C@]34[C@H]([C@@H](O)[C@@H]1O)[C@@]1(C)[C@H](O)C(=O)C[C@@H](C)[C@@H]1C[C@H]3OC(=O)[C@H](OC(=O)/C=C(\C)C(C)C)[C@@H]24. The minimum absolute atomic E-state index is 0.0262. The minimum atomic E-state index is -2.25. The third-order valence-corrected chi connectivity index (χ3v) is 10.7. The molecular formula is C28H38O11. The zero-order chi connectivity index (χ0) is 28.8. The maximum Gasteiger partial charge on any atom is 0.348 e. The zero-order valence-electron chi connectivity index (χ0n) is 23.1. The van der Waals surface area contributed by atoms with Gasteiger partial charge in [0, 0.05) is 29.2 Å². The normalized spacial score (nSPS) is 48.7. The van der Waals surface area contributed by atoms with E-state index in [0.29, 0.717) is 5.57 Å². The molecule has 39 heavy (non-hydrogen) atoms. The summed E-state index contributed by atoms with van der Waals surface area (Å²) in [5.74, 6) is -6.04. The molecule has 3 saturated carbocycles. The number of fused-ring (bicyclic) bond motifs is 2. The molecule has 2 bridgehead atoms. The number of rotatable bonds is 4. The van der Waals surface area contributed by atoms with Crippen LogP contribution in [-0.4, -0.2) is 88.8 Å². The highest BCUT2D eigenvalue weighted by molar-refractivity contribution is 5.90. The average Bonchev–Trinajstić information content (AvgIpc) is 3.18. The highest BCUT2D eigenvalue weighted by Crippen LogP contribution is 2.72. The first-order chi connectivity index (χ1) is 18.2. The van der Waals surface area contributed by atoms with Crippen molar-refractivity contribution in [2.45, 2.75) is 83.6 Å². The van der Waals surface area contributed by atoms with Gasteiger partial charge in [-0.1, -0.05) is 33.3 Å². The number of hydrogen-bond acceptors (Lipinski definition) is 11. The van der Waals surface area contributed by atoms with Crippen LogP contribution in [0, 0.1) is 40.4 Å². The Bertz CT molecular complexity index is 1130. The highest BCUT2D eigenvalue weighted by atomic mass is 16.6. The molecule has 5 rings (SSSR count). The molecule has 11 nitrogen and oxygen atoms in total. The Kier molecular flexibility index (Phi) is 6.57. The van der Waals surface area contributed by atoms with Gasteiger partial charge in [-0.05, 0) is 31.1 Å². The second-order valence-electron chi connectivity index (χ2n) is 12.7. The number of ketones is 1. The third kappa shape index (κ3) is 3.42. The maximum absolute atomic E-state index is 13.5. The summed E-state index contributed by atoms with van der Waals surface area (Å²) in [6, 6.07) is 0. The molecule has 5 aliphatic rings. The van der Waals surface area contributed by atoms with Gasteiger partial charge in [0.05, 0.1) is 25.7 Å². The van der Waals surface area contributed by atoms with E-state index in [9.17, 15) is 34.5 Å². The lowest BCUT2D eigenvalue weighted by molar-refractivity contribution is -0.306. The van der Waals surface area contributed by atoms with Crippen LogP contribution in [0.5, 0.6) is 0 Å². The molecule has 5 fully saturated rings. The molecular weight excluding hydrogens is 512 g/mol. The van der Waals surface area contributed by atoms with Gasteiger partial charge in [-0.2, -0.15) is 0 Å². The van der Waals surface area contributed by atoms with E-state index in [4.69, 9.17) is 18.9 Å². The summed E-state index contributed by atoms with van der Waals surface area (Å²) in [4.78, 5) is 52.8. The van der Waals surface area contributed by atoms with Gasteiger partial charge >= 0.3 is 17.9 Å². The Balaban J connectivity index is 1.71. The van der Waals surface area contributed by atoms with Crippen molar-refractivity contribution in [2.24, 2.45) is 40.4 Å². The fourth-order valence-corrected chi connectivity index (χ4v) is 8.74. The molecule has 1 spiro atoms. The van der Waals surface area contributed by atoms with E-state index in [2.05, 4.69) is 0 Å². The summed E-state index contributed by atoms with van der Waals surface area (Å²) in [5, 5.41) is 34.6. The van der Waals surface area contributed by atoms with Gasteiger partial charge in [-0.15, -0.1) is 0 Å². The van der Waals surface area contributed by atoms with Crippen LogP contribution in [0.1, 0.15) is 47.5 Å². The number of carbonyl (C=O) groups is 4. The standard InChI is InChI=1S/C28H38O11/c1-11(2)12(3)8-17(30)39-19-21-27-10-37-28(21,25(35)36-6)23(33)18(31)20(27)26(5)14(9-16(27)38-24(19)34)13(4)7-15(29)22(26)32/h8,11,13-14,16,18-23,31-33H,7,9-10H2,1-6H3/b12-8+/t13-,14+,16-,18-,19-,20-,21-,22-,23+,26+,27-,28+/m1/s1. The molecule has 0 aromatic heterocycles. The predicted octanol–water partition coefficient (Wildman–Crippen LogP) is 0.318. The summed E-state index contributed by atoms with van der Waals surface area (Å²) in [6.45, 7) is 8.83. The smallest absolute Gasteiger partial charge is 0.348 e. The van der Waals surface area contributed by atoms with Crippen LogP contribution >= 0.6 is 0 Å². The summed E-state index contributed by atoms with van der Waals surface area (Å²) in [5.41, 5.74) is -4.18. The monoisotopic (exact) mass is 550 g/mol. The molecule has 3 N–H and O–H groups in total. The van der Waals surface area contributed by atoms with Crippen LogP contribution in [0.15, 0.2) is 11.6 Å². The quantitative estimate of drug-likeness (QED) is 0.251. The van der Waals surface area contributed by atoms with E-state index >= 15 is 0 Å². The Morgan fingerprint density at radius 3 is 2.44 bits per heavy atom. The van der Waals surface area contributed by atoms with E-state index in [1.807, 2.05) is 20.8 Å². The summed E-state index contributed by atoms with van der Waals surface area (Å²) in [7, 11) is 1.09. The zero-order valence-corrected chi connectivity index (χ0v) is 23.1. The Morgan fingerprint density at radius 2 is 1.82 bits per heavy atom. The molecule has 2 saturated heterocycles. The van der Waals surface area contributed by atoms with Crippen LogP contribution in [0.2, 0.25) is 0 Å². The van der Waals surface area contributed by atoms with Crippen LogP contribution in [0.4, 0.5) is 0 Å². The number of ether oxygens (including phenoxy) is 4. The van der Waals surface area contributed by atoms with Gasteiger partial charge in [-0.3, -0.25) is 4.79 Å². The van der Waals surface area contributed by atoms with E-state index in [0.717, 1.165) is 7.11 Å². The summed E-state index contributed by atoms with van der Waals surface area (Å²) >= 11 is 0. The lowest BCUT2D eigenvalue weighted by Crippen LogP contribution is -2.80.